The third-order valence-electron chi connectivity index (χ3n) is 2.07. The minimum Gasteiger partial charge on any atom is -0.393 e. The van der Waals surface area contributed by atoms with Crippen molar-refractivity contribution in [2.75, 3.05) is 0 Å². The number of aliphatic hydroxyl groups excluding tert-OH is 1. The Morgan fingerprint density at radius 1 is 1.50 bits per heavy atom. The van der Waals surface area contributed by atoms with E-state index in [1.165, 1.54) is 5.56 Å². The standard InChI is InChI=1S/C11H18N2O/c1-9(6-10(2)14)13-8-11-4-3-5-12-7-11/h3-5,7,9-10,13-14H,6,8H2,1-2H3. The predicted octanol–water partition coefficient (Wildman–Crippen LogP) is 1.33. The summed E-state index contributed by atoms with van der Waals surface area (Å²) in [6.45, 7) is 4.69. The maximum absolute atomic E-state index is 9.17. The highest BCUT2D eigenvalue weighted by atomic mass is 16.3. The molecule has 0 aliphatic heterocycles. The fourth-order valence-electron chi connectivity index (χ4n) is 1.39. The SMILES string of the molecule is CC(O)CC(C)NCc1cccnc1. The van der Waals surface area contributed by atoms with Gasteiger partial charge in [-0.1, -0.05) is 6.07 Å². The van der Waals surface area contributed by atoms with Crippen LogP contribution in [0.1, 0.15) is 25.8 Å². The van der Waals surface area contributed by atoms with Gasteiger partial charge in [0.05, 0.1) is 6.10 Å². The Kier molecular flexibility index (Phi) is 4.56. The van der Waals surface area contributed by atoms with Crippen LogP contribution >= 0.6 is 0 Å². The Morgan fingerprint density at radius 2 is 2.29 bits per heavy atom. The first-order chi connectivity index (χ1) is 6.68. The molecule has 1 aromatic heterocycles. The van der Waals surface area contributed by atoms with Gasteiger partial charge in [0.25, 0.3) is 0 Å². The van der Waals surface area contributed by atoms with Crippen LogP contribution < -0.4 is 5.32 Å². The quantitative estimate of drug-likeness (QED) is 0.743. The molecule has 0 bridgehead atoms. The molecule has 0 saturated carbocycles. The Morgan fingerprint density at radius 3 is 2.86 bits per heavy atom. The van der Waals surface area contributed by atoms with Crippen LogP contribution in [0.25, 0.3) is 0 Å². The van der Waals surface area contributed by atoms with Gasteiger partial charge >= 0.3 is 0 Å². The van der Waals surface area contributed by atoms with Crippen molar-refractivity contribution >= 4 is 0 Å². The highest BCUT2D eigenvalue weighted by Gasteiger charge is 2.04. The van der Waals surface area contributed by atoms with Gasteiger partial charge < -0.3 is 10.4 Å². The zero-order valence-corrected chi connectivity index (χ0v) is 8.77. The highest BCUT2D eigenvalue weighted by Crippen LogP contribution is 2.00. The number of nitrogens with one attached hydrogen (secondary N) is 1. The second kappa shape index (κ2) is 5.73. The van der Waals surface area contributed by atoms with Crippen molar-refractivity contribution in [1.29, 1.82) is 0 Å². The summed E-state index contributed by atoms with van der Waals surface area (Å²) in [7, 11) is 0. The van der Waals surface area contributed by atoms with E-state index in [1.54, 1.807) is 6.20 Å². The van der Waals surface area contributed by atoms with Crippen molar-refractivity contribution in [2.45, 2.75) is 39.0 Å². The summed E-state index contributed by atoms with van der Waals surface area (Å²) in [4.78, 5) is 4.03. The van der Waals surface area contributed by atoms with E-state index in [9.17, 15) is 0 Å². The average molecular weight is 194 g/mol. The molecule has 0 saturated heterocycles. The van der Waals surface area contributed by atoms with Crippen molar-refractivity contribution in [3.63, 3.8) is 0 Å². The average Bonchev–Trinajstić information content (AvgIpc) is 2.15. The van der Waals surface area contributed by atoms with Gasteiger partial charge in [-0.3, -0.25) is 4.98 Å². The van der Waals surface area contributed by atoms with Gasteiger partial charge in [0, 0.05) is 25.0 Å². The van der Waals surface area contributed by atoms with Crippen LogP contribution in [0.4, 0.5) is 0 Å². The van der Waals surface area contributed by atoms with Gasteiger partial charge in [-0.05, 0) is 31.9 Å². The Balaban J connectivity index is 2.27. The maximum atomic E-state index is 9.17. The third kappa shape index (κ3) is 4.35. The van der Waals surface area contributed by atoms with Gasteiger partial charge in [-0.25, -0.2) is 0 Å². The lowest BCUT2D eigenvalue weighted by Crippen LogP contribution is -2.28. The molecule has 0 aliphatic carbocycles. The lowest BCUT2D eigenvalue weighted by Gasteiger charge is -2.14. The molecule has 2 unspecified atom stereocenters. The van der Waals surface area contributed by atoms with Gasteiger partial charge in [0.1, 0.15) is 0 Å². The Hall–Kier alpha value is -0.930. The number of rotatable bonds is 5. The number of hydrogen-bond acceptors (Lipinski definition) is 3. The van der Waals surface area contributed by atoms with Crippen LogP contribution in [-0.2, 0) is 6.54 Å². The number of aliphatic hydroxyl groups is 1. The fraction of sp³-hybridized carbons (Fsp3) is 0.545. The molecule has 2 N–H and O–H groups in total. The number of hydrogen-bond donors (Lipinski definition) is 2. The summed E-state index contributed by atoms with van der Waals surface area (Å²) in [5.74, 6) is 0. The minimum atomic E-state index is -0.244. The molecule has 0 radical (unpaired) electrons. The first-order valence-electron chi connectivity index (χ1n) is 4.99. The smallest absolute Gasteiger partial charge is 0.0526 e. The van der Waals surface area contributed by atoms with E-state index in [0.29, 0.717) is 6.04 Å². The summed E-state index contributed by atoms with van der Waals surface area (Å²) in [6, 6.07) is 4.29. The van der Waals surface area contributed by atoms with Crippen LogP contribution in [0.15, 0.2) is 24.5 Å². The summed E-state index contributed by atoms with van der Waals surface area (Å²) >= 11 is 0. The first kappa shape index (κ1) is 11.1. The van der Waals surface area contributed by atoms with E-state index < -0.39 is 0 Å². The van der Waals surface area contributed by atoms with E-state index >= 15 is 0 Å². The highest BCUT2D eigenvalue weighted by molar-refractivity contribution is 5.07. The number of pyridine rings is 1. The van der Waals surface area contributed by atoms with Crippen LogP contribution in [0.5, 0.6) is 0 Å². The zero-order chi connectivity index (χ0) is 10.4. The number of aromatic nitrogens is 1. The van der Waals surface area contributed by atoms with Crippen molar-refractivity contribution in [3.8, 4) is 0 Å². The van der Waals surface area contributed by atoms with E-state index in [2.05, 4.69) is 17.2 Å². The molecule has 2 atom stereocenters. The molecule has 1 heterocycles. The summed E-state index contributed by atoms with van der Waals surface area (Å²) < 4.78 is 0. The molecule has 0 aliphatic rings. The minimum absolute atomic E-state index is 0.244. The van der Waals surface area contributed by atoms with Gasteiger partial charge in [-0.15, -0.1) is 0 Å². The molecular formula is C11H18N2O. The fourth-order valence-corrected chi connectivity index (χ4v) is 1.39. The van der Waals surface area contributed by atoms with Crippen LogP contribution in [0, 0.1) is 0 Å². The van der Waals surface area contributed by atoms with Gasteiger partial charge in [0.2, 0.25) is 0 Å². The van der Waals surface area contributed by atoms with Gasteiger partial charge in [-0.2, -0.15) is 0 Å². The largest absolute Gasteiger partial charge is 0.393 e. The summed E-state index contributed by atoms with van der Waals surface area (Å²) in [5, 5.41) is 12.5. The Bertz CT molecular complexity index is 249. The van der Waals surface area contributed by atoms with Crippen LogP contribution in [0.2, 0.25) is 0 Å². The molecule has 78 valence electrons. The molecule has 1 aromatic rings. The molecular weight excluding hydrogens is 176 g/mol. The first-order valence-corrected chi connectivity index (χ1v) is 4.99. The molecule has 0 aromatic carbocycles. The second-order valence-corrected chi connectivity index (χ2v) is 3.73. The zero-order valence-electron chi connectivity index (χ0n) is 8.77. The normalized spacial score (nSPS) is 15.1. The van der Waals surface area contributed by atoms with Crippen molar-refractivity contribution in [2.24, 2.45) is 0 Å². The molecule has 0 amide bonds. The van der Waals surface area contributed by atoms with E-state index in [0.717, 1.165) is 13.0 Å². The van der Waals surface area contributed by atoms with E-state index in [1.807, 2.05) is 25.3 Å². The van der Waals surface area contributed by atoms with Gasteiger partial charge in [0.15, 0.2) is 0 Å². The van der Waals surface area contributed by atoms with Crippen LogP contribution in [-0.4, -0.2) is 22.2 Å². The third-order valence-corrected chi connectivity index (χ3v) is 2.07. The van der Waals surface area contributed by atoms with Crippen LogP contribution in [0.3, 0.4) is 0 Å². The molecule has 3 heteroatoms. The van der Waals surface area contributed by atoms with Crippen molar-refractivity contribution in [3.05, 3.63) is 30.1 Å². The topological polar surface area (TPSA) is 45.1 Å². The van der Waals surface area contributed by atoms with E-state index in [-0.39, 0.29) is 6.10 Å². The monoisotopic (exact) mass is 194 g/mol. The molecule has 0 fully saturated rings. The molecule has 14 heavy (non-hydrogen) atoms. The second-order valence-electron chi connectivity index (χ2n) is 3.73. The number of nitrogens with zero attached hydrogens (tertiary/aromatic N) is 1. The lowest BCUT2D eigenvalue weighted by molar-refractivity contribution is 0.170. The van der Waals surface area contributed by atoms with Crippen molar-refractivity contribution in [1.82, 2.24) is 10.3 Å². The lowest BCUT2D eigenvalue weighted by atomic mass is 10.1. The molecule has 1 rings (SSSR count). The summed E-state index contributed by atoms with van der Waals surface area (Å²) in [6.07, 6.45) is 4.15. The van der Waals surface area contributed by atoms with Crippen molar-refractivity contribution < 1.29 is 5.11 Å². The molecule has 3 nitrogen and oxygen atoms in total. The molecule has 0 spiro atoms. The Labute approximate surface area is 85.2 Å². The maximum Gasteiger partial charge on any atom is 0.0526 e. The predicted molar refractivity (Wildman–Crippen MR) is 56.8 cm³/mol. The summed E-state index contributed by atoms with van der Waals surface area (Å²) in [5.41, 5.74) is 1.17. The van der Waals surface area contributed by atoms with E-state index in [4.69, 9.17) is 5.11 Å².